The third kappa shape index (κ3) is 5.31. The van der Waals surface area contributed by atoms with Crippen LogP contribution in [0, 0.1) is 5.92 Å². The Morgan fingerprint density at radius 1 is 1.38 bits per heavy atom. The summed E-state index contributed by atoms with van der Waals surface area (Å²) in [7, 11) is 2.12. The SMILES string of the molecule is C=CCOc1cccc(C(=O)N2C[C@@H]3COC[C@H](C2)N(C)C3)c1.O=CO. The third-order valence-electron chi connectivity index (χ3n) is 4.48. The Morgan fingerprint density at radius 2 is 2.15 bits per heavy atom. The summed E-state index contributed by atoms with van der Waals surface area (Å²) in [4.78, 5) is 25.5. The van der Waals surface area contributed by atoms with Crippen molar-refractivity contribution in [3.05, 3.63) is 42.5 Å². The summed E-state index contributed by atoms with van der Waals surface area (Å²) < 4.78 is 11.3. The predicted octanol–water partition coefficient (Wildman–Crippen LogP) is 1.35. The Labute approximate surface area is 153 Å². The van der Waals surface area contributed by atoms with Crippen LogP contribution in [0.4, 0.5) is 0 Å². The van der Waals surface area contributed by atoms with Gasteiger partial charge in [0.05, 0.1) is 19.3 Å². The molecule has 2 aliphatic rings. The molecule has 3 rings (SSSR count). The number of carboxylic acid groups (broad SMARTS) is 1. The predicted molar refractivity (Wildman–Crippen MR) is 97.5 cm³/mol. The van der Waals surface area contributed by atoms with Gasteiger partial charge in [-0.2, -0.15) is 0 Å². The van der Waals surface area contributed by atoms with Crippen LogP contribution in [0.25, 0.3) is 0 Å². The number of likely N-dealkylation sites (N-methyl/N-ethyl adjacent to an activating group) is 1. The Morgan fingerprint density at radius 3 is 2.88 bits per heavy atom. The number of ether oxygens (including phenoxy) is 2. The maximum atomic E-state index is 12.9. The molecule has 1 N–H and O–H groups in total. The molecular formula is C19H26N2O5. The zero-order valence-electron chi connectivity index (χ0n) is 15.0. The van der Waals surface area contributed by atoms with E-state index in [2.05, 4.69) is 18.5 Å². The maximum Gasteiger partial charge on any atom is 0.290 e. The Balaban J connectivity index is 0.000000758. The molecule has 2 aliphatic heterocycles. The lowest BCUT2D eigenvalue weighted by molar-refractivity contribution is -0.122. The molecule has 2 saturated heterocycles. The smallest absolute Gasteiger partial charge is 0.290 e. The molecule has 0 spiro atoms. The fourth-order valence-corrected chi connectivity index (χ4v) is 3.27. The van der Waals surface area contributed by atoms with Crippen LogP contribution in [0.15, 0.2) is 36.9 Å². The molecule has 0 aliphatic carbocycles. The van der Waals surface area contributed by atoms with Gasteiger partial charge < -0.3 is 19.5 Å². The Hall–Kier alpha value is -2.38. The fourth-order valence-electron chi connectivity index (χ4n) is 3.27. The first kappa shape index (κ1) is 19.9. The minimum absolute atomic E-state index is 0.0706. The largest absolute Gasteiger partial charge is 0.490 e. The van der Waals surface area contributed by atoms with Crippen LogP contribution in [-0.4, -0.2) is 79.8 Å². The molecule has 1 amide bonds. The van der Waals surface area contributed by atoms with E-state index >= 15 is 0 Å². The van der Waals surface area contributed by atoms with Crippen molar-refractivity contribution in [1.29, 1.82) is 0 Å². The molecular weight excluding hydrogens is 336 g/mol. The first-order chi connectivity index (χ1) is 12.6. The van der Waals surface area contributed by atoms with E-state index in [4.69, 9.17) is 19.4 Å². The van der Waals surface area contributed by atoms with Crippen LogP contribution < -0.4 is 4.74 Å². The van der Waals surface area contributed by atoms with E-state index in [0.29, 0.717) is 37.0 Å². The van der Waals surface area contributed by atoms with Gasteiger partial charge in [-0.25, -0.2) is 0 Å². The number of benzene rings is 1. The van der Waals surface area contributed by atoms with Crippen molar-refractivity contribution in [3.8, 4) is 5.75 Å². The lowest BCUT2D eigenvalue weighted by Gasteiger charge is -2.29. The number of carbonyl (C=O) groups excluding carboxylic acids is 1. The molecule has 1 aromatic carbocycles. The summed E-state index contributed by atoms with van der Waals surface area (Å²) in [6.07, 6.45) is 1.69. The van der Waals surface area contributed by atoms with Gasteiger partial charge in [-0.1, -0.05) is 18.7 Å². The molecule has 0 aromatic heterocycles. The second-order valence-electron chi connectivity index (χ2n) is 6.44. The lowest BCUT2D eigenvalue weighted by Crippen LogP contribution is -2.44. The zero-order chi connectivity index (χ0) is 18.9. The van der Waals surface area contributed by atoms with Crippen LogP contribution in [0.1, 0.15) is 10.4 Å². The molecule has 2 fully saturated rings. The van der Waals surface area contributed by atoms with Crippen molar-refractivity contribution in [2.24, 2.45) is 5.92 Å². The average molecular weight is 362 g/mol. The van der Waals surface area contributed by atoms with Crippen molar-refractivity contribution in [3.63, 3.8) is 0 Å². The molecule has 7 heteroatoms. The minimum Gasteiger partial charge on any atom is -0.490 e. The van der Waals surface area contributed by atoms with Gasteiger partial charge in [-0.3, -0.25) is 14.5 Å². The second kappa shape index (κ2) is 9.94. The van der Waals surface area contributed by atoms with E-state index in [1.807, 2.05) is 29.2 Å². The third-order valence-corrected chi connectivity index (χ3v) is 4.48. The number of rotatable bonds is 4. The fraction of sp³-hybridized carbons (Fsp3) is 0.474. The van der Waals surface area contributed by atoms with Crippen LogP contribution in [0.2, 0.25) is 0 Å². The van der Waals surface area contributed by atoms with E-state index in [9.17, 15) is 4.79 Å². The van der Waals surface area contributed by atoms with Gasteiger partial charge in [-0.05, 0) is 25.2 Å². The van der Waals surface area contributed by atoms with Gasteiger partial charge in [0, 0.05) is 31.1 Å². The van der Waals surface area contributed by atoms with E-state index in [1.54, 1.807) is 6.08 Å². The highest BCUT2D eigenvalue weighted by Crippen LogP contribution is 2.21. The average Bonchev–Trinajstić information content (AvgIpc) is 2.89. The van der Waals surface area contributed by atoms with Crippen LogP contribution >= 0.6 is 0 Å². The van der Waals surface area contributed by atoms with Gasteiger partial charge >= 0.3 is 0 Å². The van der Waals surface area contributed by atoms with Crippen LogP contribution in [0.3, 0.4) is 0 Å². The van der Waals surface area contributed by atoms with Crippen molar-refractivity contribution in [2.45, 2.75) is 6.04 Å². The Bertz CT molecular complexity index is 622. The minimum atomic E-state index is -0.250. The topological polar surface area (TPSA) is 79.3 Å². The van der Waals surface area contributed by atoms with Gasteiger partial charge in [0.2, 0.25) is 0 Å². The summed E-state index contributed by atoms with van der Waals surface area (Å²) in [5.74, 6) is 1.14. The molecule has 2 atom stereocenters. The summed E-state index contributed by atoms with van der Waals surface area (Å²) in [6.45, 7) is 7.69. The summed E-state index contributed by atoms with van der Waals surface area (Å²) in [5, 5.41) is 6.89. The number of amides is 1. The molecule has 7 nitrogen and oxygen atoms in total. The second-order valence-corrected chi connectivity index (χ2v) is 6.44. The van der Waals surface area contributed by atoms with Crippen LogP contribution in [0.5, 0.6) is 5.75 Å². The van der Waals surface area contributed by atoms with Gasteiger partial charge in [-0.15, -0.1) is 0 Å². The highest BCUT2D eigenvalue weighted by atomic mass is 16.5. The molecule has 2 bridgehead atoms. The molecule has 0 saturated carbocycles. The van der Waals surface area contributed by atoms with Crippen molar-refractivity contribution >= 4 is 12.4 Å². The maximum absolute atomic E-state index is 12.9. The highest BCUT2D eigenvalue weighted by Gasteiger charge is 2.33. The van der Waals surface area contributed by atoms with Crippen LogP contribution in [-0.2, 0) is 9.53 Å². The molecule has 0 unspecified atom stereocenters. The summed E-state index contributed by atoms with van der Waals surface area (Å²) in [6, 6.07) is 7.65. The van der Waals surface area contributed by atoms with Gasteiger partial charge in [0.15, 0.2) is 0 Å². The first-order valence-electron chi connectivity index (χ1n) is 8.57. The van der Waals surface area contributed by atoms with Crippen molar-refractivity contribution in [1.82, 2.24) is 9.80 Å². The van der Waals surface area contributed by atoms with E-state index in [-0.39, 0.29) is 18.4 Å². The molecule has 142 valence electrons. The number of carbonyl (C=O) groups is 2. The quantitative estimate of drug-likeness (QED) is 0.643. The number of hydrogen-bond acceptors (Lipinski definition) is 5. The molecule has 0 radical (unpaired) electrons. The first-order valence-corrected chi connectivity index (χ1v) is 8.57. The lowest BCUT2D eigenvalue weighted by atomic mass is 10.1. The van der Waals surface area contributed by atoms with Gasteiger partial charge in [0.1, 0.15) is 12.4 Å². The highest BCUT2D eigenvalue weighted by molar-refractivity contribution is 5.94. The molecule has 1 aromatic rings. The zero-order valence-corrected chi connectivity index (χ0v) is 15.0. The number of nitrogens with zero attached hydrogens (tertiary/aromatic N) is 2. The standard InChI is InChI=1S/C18H24N2O3.CH2O2/c1-3-7-23-17-6-4-5-15(8-17)18(21)20-10-14-9-19(2)16(11-20)13-22-12-14;2-1-3/h3-6,8,14,16H,1,7,9-13H2,2H3;1H,(H,2,3)/t14-,16+;/m1./s1. The van der Waals surface area contributed by atoms with E-state index in [1.165, 1.54) is 0 Å². The molecule has 26 heavy (non-hydrogen) atoms. The van der Waals surface area contributed by atoms with Gasteiger partial charge in [0.25, 0.3) is 12.4 Å². The van der Waals surface area contributed by atoms with Crippen molar-refractivity contribution in [2.75, 3.05) is 46.5 Å². The summed E-state index contributed by atoms with van der Waals surface area (Å²) in [5.41, 5.74) is 0.676. The summed E-state index contributed by atoms with van der Waals surface area (Å²) >= 11 is 0. The monoisotopic (exact) mass is 362 g/mol. The van der Waals surface area contributed by atoms with E-state index < -0.39 is 0 Å². The number of hydrogen-bond donors (Lipinski definition) is 1. The van der Waals surface area contributed by atoms with Crippen molar-refractivity contribution < 1.29 is 24.2 Å². The van der Waals surface area contributed by atoms with E-state index in [0.717, 1.165) is 19.7 Å². The number of fused-ring (bicyclic) bond motifs is 3. The Kier molecular flexibility index (Phi) is 7.62. The molecule has 2 heterocycles. The normalized spacial score (nSPS) is 22.4.